The van der Waals surface area contributed by atoms with E-state index >= 15 is 0 Å². The molecule has 0 saturated carbocycles. The fourth-order valence-electron chi connectivity index (χ4n) is 2.65. The number of nitrogens with zero attached hydrogens (tertiary/aromatic N) is 1. The lowest BCUT2D eigenvalue weighted by Gasteiger charge is -1.99. The second-order valence-corrected chi connectivity index (χ2v) is 6.78. The van der Waals surface area contributed by atoms with Gasteiger partial charge in [-0.1, -0.05) is 35.9 Å². The maximum Gasteiger partial charge on any atom is 0.184 e. The van der Waals surface area contributed by atoms with Gasteiger partial charge in [-0.3, -0.25) is 0 Å². The van der Waals surface area contributed by atoms with Crippen LogP contribution in [-0.4, -0.2) is 5.11 Å². The zero-order valence-electron chi connectivity index (χ0n) is 11.7. The molecular formula is C18H13ClNOS+. The summed E-state index contributed by atoms with van der Waals surface area (Å²) in [5.74, 6) is 0.283. The highest BCUT2D eigenvalue weighted by Gasteiger charge is 2.14. The standard InChI is InChI=1S/C18H12ClNOS/c19-18-15-3-1-2-4-16(15)22-17(18)11-20-8-7-12-5-6-14(21)9-13(12)10-20/h1-10H,11H2/p+1. The van der Waals surface area contributed by atoms with Gasteiger partial charge >= 0.3 is 0 Å². The number of phenols is 1. The van der Waals surface area contributed by atoms with Crippen LogP contribution in [-0.2, 0) is 6.54 Å². The van der Waals surface area contributed by atoms with Gasteiger partial charge in [-0.15, -0.1) is 11.3 Å². The second-order valence-electron chi connectivity index (χ2n) is 5.27. The van der Waals surface area contributed by atoms with Crippen LogP contribution in [0.4, 0.5) is 0 Å². The maximum absolute atomic E-state index is 9.62. The number of rotatable bonds is 2. The van der Waals surface area contributed by atoms with Crippen LogP contribution >= 0.6 is 22.9 Å². The molecule has 0 saturated heterocycles. The first-order chi connectivity index (χ1) is 10.7. The highest BCUT2D eigenvalue weighted by molar-refractivity contribution is 7.19. The number of pyridine rings is 1. The van der Waals surface area contributed by atoms with E-state index in [-0.39, 0.29) is 5.75 Å². The molecule has 22 heavy (non-hydrogen) atoms. The van der Waals surface area contributed by atoms with Crippen molar-refractivity contribution in [2.75, 3.05) is 0 Å². The van der Waals surface area contributed by atoms with Gasteiger partial charge in [0.2, 0.25) is 0 Å². The van der Waals surface area contributed by atoms with Crippen LogP contribution < -0.4 is 4.57 Å². The fourth-order valence-corrected chi connectivity index (χ4v) is 4.16. The highest BCUT2D eigenvalue weighted by atomic mass is 35.5. The van der Waals surface area contributed by atoms with E-state index in [1.807, 2.05) is 30.6 Å². The van der Waals surface area contributed by atoms with Gasteiger partial charge in [0, 0.05) is 21.5 Å². The summed E-state index contributed by atoms with van der Waals surface area (Å²) in [6, 6.07) is 15.6. The molecule has 0 unspecified atom stereocenters. The monoisotopic (exact) mass is 326 g/mol. The number of hydrogen-bond donors (Lipinski definition) is 1. The van der Waals surface area contributed by atoms with Crippen molar-refractivity contribution < 1.29 is 9.67 Å². The quantitative estimate of drug-likeness (QED) is 0.528. The van der Waals surface area contributed by atoms with Crippen molar-refractivity contribution in [3.63, 3.8) is 0 Å². The Bertz CT molecular complexity index is 993. The predicted molar refractivity (Wildman–Crippen MR) is 91.7 cm³/mol. The second kappa shape index (κ2) is 5.27. The summed E-state index contributed by atoms with van der Waals surface area (Å²) in [6.07, 6.45) is 4.08. The zero-order chi connectivity index (χ0) is 15.1. The average molecular weight is 327 g/mol. The Morgan fingerprint density at radius 3 is 2.77 bits per heavy atom. The first kappa shape index (κ1) is 13.6. The lowest BCUT2D eigenvalue weighted by molar-refractivity contribution is -0.686. The molecule has 0 aliphatic carbocycles. The highest BCUT2D eigenvalue weighted by Crippen LogP contribution is 2.34. The van der Waals surface area contributed by atoms with E-state index in [0.717, 1.165) is 32.6 Å². The SMILES string of the molecule is Oc1ccc2cc[n+](Cc3sc4ccccc4c3Cl)cc2c1. The van der Waals surface area contributed by atoms with Crippen molar-refractivity contribution in [3.8, 4) is 5.75 Å². The van der Waals surface area contributed by atoms with E-state index < -0.39 is 0 Å². The number of phenolic OH excluding ortho intramolecular Hbond substituents is 1. The number of hydrogen-bond acceptors (Lipinski definition) is 2. The van der Waals surface area contributed by atoms with Crippen LogP contribution in [0.15, 0.2) is 60.9 Å². The third kappa shape index (κ3) is 2.32. The lowest BCUT2D eigenvalue weighted by atomic mass is 10.2. The lowest BCUT2D eigenvalue weighted by Crippen LogP contribution is -2.32. The molecule has 1 N–H and O–H groups in total. The number of aromatic nitrogens is 1. The van der Waals surface area contributed by atoms with E-state index in [4.69, 9.17) is 11.6 Å². The van der Waals surface area contributed by atoms with Crippen LogP contribution in [0.2, 0.25) is 5.02 Å². The first-order valence-electron chi connectivity index (χ1n) is 6.98. The molecule has 2 aromatic carbocycles. The molecule has 2 nitrogen and oxygen atoms in total. The van der Waals surface area contributed by atoms with E-state index in [2.05, 4.69) is 22.8 Å². The van der Waals surface area contributed by atoms with Crippen LogP contribution in [0.1, 0.15) is 4.88 Å². The van der Waals surface area contributed by atoms with Gasteiger partial charge in [0.15, 0.2) is 18.9 Å². The van der Waals surface area contributed by atoms with Crippen molar-refractivity contribution in [2.45, 2.75) is 6.54 Å². The topological polar surface area (TPSA) is 24.1 Å². The number of fused-ring (bicyclic) bond motifs is 2. The molecule has 0 spiro atoms. The van der Waals surface area contributed by atoms with Gasteiger partial charge in [0.1, 0.15) is 5.75 Å². The van der Waals surface area contributed by atoms with E-state index in [0.29, 0.717) is 0 Å². The minimum atomic E-state index is 0.283. The van der Waals surface area contributed by atoms with E-state index in [1.54, 1.807) is 23.5 Å². The molecule has 108 valence electrons. The molecule has 2 heterocycles. The molecule has 2 aromatic heterocycles. The first-order valence-corrected chi connectivity index (χ1v) is 8.18. The normalized spacial score (nSPS) is 11.3. The minimum absolute atomic E-state index is 0.283. The molecule has 0 fully saturated rings. The Morgan fingerprint density at radius 2 is 1.91 bits per heavy atom. The van der Waals surface area contributed by atoms with Crippen molar-refractivity contribution >= 4 is 43.8 Å². The average Bonchev–Trinajstić information content (AvgIpc) is 2.84. The maximum atomic E-state index is 9.62. The Balaban J connectivity index is 1.77. The molecule has 0 amide bonds. The molecule has 0 aliphatic rings. The number of halogens is 1. The van der Waals surface area contributed by atoms with E-state index in [1.165, 1.54) is 4.70 Å². The van der Waals surface area contributed by atoms with Crippen LogP contribution in [0.25, 0.3) is 20.9 Å². The zero-order valence-corrected chi connectivity index (χ0v) is 13.2. The minimum Gasteiger partial charge on any atom is -0.508 e. The van der Waals surface area contributed by atoms with E-state index in [9.17, 15) is 5.11 Å². The van der Waals surface area contributed by atoms with Crippen LogP contribution in [0.5, 0.6) is 5.75 Å². The molecule has 4 heteroatoms. The van der Waals surface area contributed by atoms with Gasteiger partial charge in [-0.2, -0.15) is 4.57 Å². The van der Waals surface area contributed by atoms with Gasteiger partial charge in [0.25, 0.3) is 0 Å². The van der Waals surface area contributed by atoms with Gasteiger partial charge < -0.3 is 5.11 Å². The molecule has 0 bridgehead atoms. The van der Waals surface area contributed by atoms with Gasteiger partial charge in [0.05, 0.1) is 9.90 Å². The summed E-state index contributed by atoms with van der Waals surface area (Å²) in [4.78, 5) is 1.15. The summed E-state index contributed by atoms with van der Waals surface area (Å²) >= 11 is 8.23. The van der Waals surface area contributed by atoms with Gasteiger partial charge in [-0.25, -0.2) is 0 Å². The molecule has 0 atom stereocenters. The van der Waals surface area contributed by atoms with Crippen LogP contribution in [0.3, 0.4) is 0 Å². The summed E-state index contributed by atoms with van der Waals surface area (Å²) in [6.45, 7) is 0.726. The van der Waals surface area contributed by atoms with Crippen molar-refractivity contribution in [2.24, 2.45) is 0 Å². The van der Waals surface area contributed by atoms with Crippen molar-refractivity contribution in [1.82, 2.24) is 0 Å². The summed E-state index contributed by atoms with van der Waals surface area (Å²) in [5.41, 5.74) is 0. The Kier molecular flexibility index (Phi) is 3.25. The summed E-state index contributed by atoms with van der Waals surface area (Å²) in [5, 5.41) is 13.7. The Hall–Kier alpha value is -2.10. The Labute approximate surface area is 136 Å². The van der Waals surface area contributed by atoms with Gasteiger partial charge in [-0.05, 0) is 23.6 Å². The largest absolute Gasteiger partial charge is 0.508 e. The predicted octanol–water partition coefficient (Wildman–Crippen LogP) is 4.75. The third-order valence-electron chi connectivity index (χ3n) is 3.75. The van der Waals surface area contributed by atoms with Crippen molar-refractivity contribution in [3.05, 3.63) is 70.8 Å². The third-order valence-corrected chi connectivity index (χ3v) is 5.45. The number of thiophene rings is 1. The molecular weight excluding hydrogens is 314 g/mol. The fraction of sp³-hybridized carbons (Fsp3) is 0.0556. The molecule has 4 rings (SSSR count). The number of benzene rings is 2. The molecule has 0 radical (unpaired) electrons. The number of aromatic hydroxyl groups is 1. The van der Waals surface area contributed by atoms with Crippen molar-refractivity contribution in [1.29, 1.82) is 0 Å². The smallest absolute Gasteiger partial charge is 0.184 e. The summed E-state index contributed by atoms with van der Waals surface area (Å²) < 4.78 is 3.31. The molecule has 4 aromatic rings. The molecule has 0 aliphatic heterocycles. The summed E-state index contributed by atoms with van der Waals surface area (Å²) in [7, 11) is 0. The van der Waals surface area contributed by atoms with Crippen LogP contribution in [0, 0.1) is 0 Å². The Morgan fingerprint density at radius 1 is 1.05 bits per heavy atom.